The maximum absolute atomic E-state index is 11.3. The van der Waals surface area contributed by atoms with E-state index in [9.17, 15) is 4.79 Å². The van der Waals surface area contributed by atoms with Crippen LogP contribution in [0.5, 0.6) is 0 Å². The molecule has 1 saturated heterocycles. The molecule has 90 valence electrons. The van der Waals surface area contributed by atoms with E-state index in [1.807, 2.05) is 0 Å². The topological polar surface area (TPSA) is 38.8 Å². The number of rotatable bonds is 3. The maximum Gasteiger partial charge on any atom is 0.333 e. The van der Waals surface area contributed by atoms with Crippen molar-refractivity contribution in [2.24, 2.45) is 5.92 Å². The lowest BCUT2D eigenvalue weighted by atomic mass is 9.92. The quantitative estimate of drug-likeness (QED) is 0.420. The molecule has 2 fully saturated rings. The molecule has 16 heavy (non-hydrogen) atoms. The van der Waals surface area contributed by atoms with Gasteiger partial charge in [0.05, 0.1) is 18.8 Å². The number of carbonyl (C=O) groups excluding carboxylic acids is 1. The van der Waals surface area contributed by atoms with Gasteiger partial charge in [-0.2, -0.15) is 0 Å². The molecule has 0 aromatic heterocycles. The molecule has 1 heterocycles. The Morgan fingerprint density at radius 2 is 2.12 bits per heavy atom. The molecule has 0 aromatic rings. The van der Waals surface area contributed by atoms with Crippen molar-refractivity contribution in [2.75, 3.05) is 6.61 Å². The number of esters is 1. The predicted molar refractivity (Wildman–Crippen MR) is 61.0 cm³/mol. The van der Waals surface area contributed by atoms with Crippen molar-refractivity contribution < 1.29 is 14.3 Å². The Morgan fingerprint density at radius 1 is 1.38 bits per heavy atom. The van der Waals surface area contributed by atoms with E-state index in [1.165, 1.54) is 19.3 Å². The van der Waals surface area contributed by atoms with Crippen LogP contribution in [0.15, 0.2) is 12.2 Å². The molecule has 2 rings (SSSR count). The van der Waals surface area contributed by atoms with E-state index >= 15 is 0 Å². The summed E-state index contributed by atoms with van der Waals surface area (Å²) >= 11 is 0. The standard InChI is InChI=1S/C13H20O3/c1-9(2)13(14)15-8-10-5-3-4-6-11-12(7-10)16-11/h10-12H,1,3-8H2,2H3. The number of epoxide rings is 1. The lowest BCUT2D eigenvalue weighted by molar-refractivity contribution is -0.140. The zero-order valence-corrected chi connectivity index (χ0v) is 9.91. The van der Waals surface area contributed by atoms with Crippen molar-refractivity contribution in [3.05, 3.63) is 12.2 Å². The monoisotopic (exact) mass is 224 g/mol. The summed E-state index contributed by atoms with van der Waals surface area (Å²) in [6.07, 6.45) is 6.81. The highest BCUT2D eigenvalue weighted by Gasteiger charge is 2.40. The Labute approximate surface area is 96.8 Å². The number of fused-ring (bicyclic) bond motifs is 1. The van der Waals surface area contributed by atoms with Gasteiger partial charge in [0.2, 0.25) is 0 Å². The summed E-state index contributed by atoms with van der Waals surface area (Å²) in [7, 11) is 0. The van der Waals surface area contributed by atoms with Gasteiger partial charge in [-0.3, -0.25) is 0 Å². The van der Waals surface area contributed by atoms with E-state index in [4.69, 9.17) is 9.47 Å². The van der Waals surface area contributed by atoms with Crippen LogP contribution >= 0.6 is 0 Å². The molecule has 0 spiro atoms. The van der Waals surface area contributed by atoms with Crippen LogP contribution in [-0.2, 0) is 14.3 Å². The minimum atomic E-state index is -0.268. The number of ether oxygens (including phenoxy) is 2. The van der Waals surface area contributed by atoms with Gasteiger partial charge in [-0.1, -0.05) is 19.4 Å². The first-order valence-corrected chi connectivity index (χ1v) is 6.15. The van der Waals surface area contributed by atoms with Crippen molar-refractivity contribution >= 4 is 5.97 Å². The smallest absolute Gasteiger partial charge is 0.333 e. The molecule has 3 nitrogen and oxygen atoms in total. The zero-order chi connectivity index (χ0) is 11.5. The molecular formula is C13H20O3. The van der Waals surface area contributed by atoms with E-state index < -0.39 is 0 Å². The first-order chi connectivity index (χ1) is 7.66. The van der Waals surface area contributed by atoms with Crippen LogP contribution in [-0.4, -0.2) is 24.8 Å². The van der Waals surface area contributed by atoms with Gasteiger partial charge < -0.3 is 9.47 Å². The second kappa shape index (κ2) is 5.00. The lowest BCUT2D eigenvalue weighted by Crippen LogP contribution is -2.18. The number of hydrogen-bond acceptors (Lipinski definition) is 3. The Morgan fingerprint density at radius 3 is 2.88 bits per heavy atom. The minimum Gasteiger partial charge on any atom is -0.462 e. The highest BCUT2D eigenvalue weighted by molar-refractivity contribution is 5.86. The van der Waals surface area contributed by atoms with Crippen molar-refractivity contribution in [3.63, 3.8) is 0 Å². The van der Waals surface area contributed by atoms with Crippen LogP contribution in [0.2, 0.25) is 0 Å². The van der Waals surface area contributed by atoms with Gasteiger partial charge in [0.1, 0.15) is 0 Å². The highest BCUT2D eigenvalue weighted by Crippen LogP contribution is 2.36. The van der Waals surface area contributed by atoms with Crippen LogP contribution in [0.1, 0.15) is 39.0 Å². The predicted octanol–water partition coefficient (Wildman–Crippen LogP) is 2.45. The molecule has 2 aliphatic rings. The van der Waals surface area contributed by atoms with Crippen molar-refractivity contribution in [1.29, 1.82) is 0 Å². The minimum absolute atomic E-state index is 0.268. The van der Waals surface area contributed by atoms with Gasteiger partial charge in [-0.15, -0.1) is 0 Å². The van der Waals surface area contributed by atoms with E-state index in [-0.39, 0.29) is 5.97 Å². The average Bonchev–Trinajstić information content (AvgIpc) is 2.92. The van der Waals surface area contributed by atoms with Crippen molar-refractivity contribution in [1.82, 2.24) is 0 Å². The fourth-order valence-corrected chi connectivity index (χ4v) is 2.33. The zero-order valence-electron chi connectivity index (χ0n) is 9.91. The van der Waals surface area contributed by atoms with Crippen LogP contribution in [0.4, 0.5) is 0 Å². The summed E-state index contributed by atoms with van der Waals surface area (Å²) in [4.78, 5) is 11.3. The molecule has 0 N–H and O–H groups in total. The third-order valence-electron chi connectivity index (χ3n) is 3.40. The summed E-state index contributed by atoms with van der Waals surface area (Å²) in [6.45, 7) is 5.78. The van der Waals surface area contributed by atoms with E-state index in [2.05, 4.69) is 6.58 Å². The Kier molecular flexibility index (Phi) is 3.64. The largest absolute Gasteiger partial charge is 0.462 e. The summed E-state index contributed by atoms with van der Waals surface area (Å²) in [6, 6.07) is 0. The molecule has 3 unspecified atom stereocenters. The number of hydrogen-bond donors (Lipinski definition) is 0. The SMILES string of the molecule is C=C(C)C(=O)OCC1CCCCC2OC2C1. The first-order valence-electron chi connectivity index (χ1n) is 6.15. The Balaban J connectivity index is 1.75. The van der Waals surface area contributed by atoms with Gasteiger partial charge in [0, 0.05) is 5.57 Å². The van der Waals surface area contributed by atoms with Crippen molar-refractivity contribution in [3.8, 4) is 0 Å². The molecule has 1 saturated carbocycles. The lowest BCUT2D eigenvalue weighted by Gasteiger charge is -2.17. The second-order valence-corrected chi connectivity index (χ2v) is 4.98. The van der Waals surface area contributed by atoms with Gasteiger partial charge in [0.25, 0.3) is 0 Å². The average molecular weight is 224 g/mol. The van der Waals surface area contributed by atoms with E-state index in [1.54, 1.807) is 6.92 Å². The van der Waals surface area contributed by atoms with Crippen LogP contribution in [0.3, 0.4) is 0 Å². The summed E-state index contributed by atoms with van der Waals surface area (Å²) in [5.74, 6) is 0.203. The van der Waals surface area contributed by atoms with Crippen molar-refractivity contribution in [2.45, 2.75) is 51.2 Å². The fraction of sp³-hybridized carbons (Fsp3) is 0.769. The molecule has 1 aliphatic heterocycles. The fourth-order valence-electron chi connectivity index (χ4n) is 2.33. The Bertz CT molecular complexity index is 285. The molecule has 0 amide bonds. The maximum atomic E-state index is 11.3. The summed E-state index contributed by atoms with van der Waals surface area (Å²) < 4.78 is 10.8. The summed E-state index contributed by atoms with van der Waals surface area (Å²) in [5, 5.41) is 0. The molecule has 0 aromatic carbocycles. The van der Waals surface area contributed by atoms with Gasteiger partial charge in [-0.05, 0) is 32.1 Å². The molecular weight excluding hydrogens is 204 g/mol. The number of carbonyl (C=O) groups is 1. The molecule has 3 heteroatoms. The molecule has 3 atom stereocenters. The van der Waals surface area contributed by atoms with Crippen LogP contribution in [0, 0.1) is 5.92 Å². The summed E-state index contributed by atoms with van der Waals surface area (Å²) in [5.41, 5.74) is 0.478. The van der Waals surface area contributed by atoms with Crippen LogP contribution < -0.4 is 0 Å². The van der Waals surface area contributed by atoms with Crippen LogP contribution in [0.25, 0.3) is 0 Å². The molecule has 0 radical (unpaired) electrons. The van der Waals surface area contributed by atoms with Gasteiger partial charge in [0.15, 0.2) is 0 Å². The highest BCUT2D eigenvalue weighted by atomic mass is 16.6. The van der Waals surface area contributed by atoms with Gasteiger partial charge in [-0.25, -0.2) is 4.79 Å². The van der Waals surface area contributed by atoms with Gasteiger partial charge >= 0.3 is 5.97 Å². The molecule has 0 bridgehead atoms. The van der Waals surface area contributed by atoms with E-state index in [0.29, 0.717) is 30.3 Å². The third kappa shape index (κ3) is 3.08. The third-order valence-corrected chi connectivity index (χ3v) is 3.40. The second-order valence-electron chi connectivity index (χ2n) is 4.98. The first kappa shape index (κ1) is 11.6. The molecule has 1 aliphatic carbocycles. The normalized spacial score (nSPS) is 33.2. The Hall–Kier alpha value is -0.830. The van der Waals surface area contributed by atoms with E-state index in [0.717, 1.165) is 12.8 Å².